The van der Waals surface area contributed by atoms with Gasteiger partial charge in [0.15, 0.2) is 0 Å². The number of thiophene rings is 1. The van der Waals surface area contributed by atoms with Crippen LogP contribution in [-0.4, -0.2) is 40.0 Å². The van der Waals surface area contributed by atoms with Gasteiger partial charge in [-0.1, -0.05) is 0 Å². The summed E-state index contributed by atoms with van der Waals surface area (Å²) >= 11 is 1.92. The fraction of sp³-hybridized carbons (Fsp3) is 0.588. The SMILES string of the molecule is Cc1ccc(CN2CCOC3C(Cn4cccn4)CCC32)s1. The molecular formula is C17H23N3OS. The Morgan fingerprint density at radius 1 is 1.36 bits per heavy atom. The van der Waals surface area contributed by atoms with E-state index < -0.39 is 0 Å². The lowest BCUT2D eigenvalue weighted by molar-refractivity contribution is -0.0787. The molecule has 2 aromatic rings. The minimum Gasteiger partial charge on any atom is -0.375 e. The molecule has 2 aromatic heterocycles. The van der Waals surface area contributed by atoms with Gasteiger partial charge in [-0.2, -0.15) is 5.10 Å². The van der Waals surface area contributed by atoms with Gasteiger partial charge in [0.05, 0.1) is 12.7 Å². The second-order valence-corrected chi connectivity index (χ2v) is 7.82. The Morgan fingerprint density at radius 3 is 3.09 bits per heavy atom. The average Bonchev–Trinajstić information content (AvgIpc) is 3.23. The molecule has 0 radical (unpaired) electrons. The maximum absolute atomic E-state index is 6.16. The molecule has 1 saturated carbocycles. The lowest BCUT2D eigenvalue weighted by atomic mass is 10.0. The highest BCUT2D eigenvalue weighted by Crippen LogP contribution is 2.36. The van der Waals surface area contributed by atoms with Crippen LogP contribution in [0.4, 0.5) is 0 Å². The van der Waals surface area contributed by atoms with E-state index in [4.69, 9.17) is 4.74 Å². The lowest BCUT2D eigenvalue weighted by Gasteiger charge is -2.39. The highest BCUT2D eigenvalue weighted by molar-refractivity contribution is 7.11. The van der Waals surface area contributed by atoms with E-state index in [1.807, 2.05) is 23.6 Å². The maximum atomic E-state index is 6.16. The zero-order chi connectivity index (χ0) is 14.9. The van der Waals surface area contributed by atoms with Crippen LogP contribution in [-0.2, 0) is 17.8 Å². The van der Waals surface area contributed by atoms with Crippen LogP contribution in [0.3, 0.4) is 0 Å². The number of nitrogens with zero attached hydrogens (tertiary/aromatic N) is 3. The Balaban J connectivity index is 1.44. The van der Waals surface area contributed by atoms with Crippen molar-refractivity contribution in [1.82, 2.24) is 14.7 Å². The number of hydrogen-bond acceptors (Lipinski definition) is 4. The molecule has 1 aliphatic carbocycles. The Kier molecular flexibility index (Phi) is 4.03. The summed E-state index contributed by atoms with van der Waals surface area (Å²) in [4.78, 5) is 5.53. The molecule has 3 unspecified atom stereocenters. The van der Waals surface area contributed by atoms with Gasteiger partial charge in [0, 0.05) is 53.7 Å². The predicted octanol–water partition coefficient (Wildman–Crippen LogP) is 2.93. The molecule has 2 fully saturated rings. The van der Waals surface area contributed by atoms with Gasteiger partial charge in [0.2, 0.25) is 0 Å². The largest absolute Gasteiger partial charge is 0.375 e. The van der Waals surface area contributed by atoms with E-state index in [9.17, 15) is 0 Å². The molecule has 1 aliphatic heterocycles. The van der Waals surface area contributed by atoms with E-state index in [0.717, 1.165) is 26.2 Å². The zero-order valence-electron chi connectivity index (χ0n) is 13.0. The Bertz CT molecular complexity index is 609. The van der Waals surface area contributed by atoms with Crippen molar-refractivity contribution >= 4 is 11.3 Å². The van der Waals surface area contributed by atoms with Crippen molar-refractivity contribution in [1.29, 1.82) is 0 Å². The maximum Gasteiger partial charge on any atom is 0.0776 e. The van der Waals surface area contributed by atoms with Crippen molar-refractivity contribution < 1.29 is 4.74 Å². The summed E-state index contributed by atoms with van der Waals surface area (Å²) in [5.41, 5.74) is 0. The third-order valence-corrected chi connectivity index (χ3v) is 5.96. The molecule has 0 spiro atoms. The Morgan fingerprint density at radius 2 is 2.32 bits per heavy atom. The van der Waals surface area contributed by atoms with Crippen LogP contribution < -0.4 is 0 Å². The number of ether oxygens (including phenoxy) is 1. The second-order valence-electron chi connectivity index (χ2n) is 6.45. The minimum absolute atomic E-state index is 0.374. The molecule has 118 valence electrons. The van der Waals surface area contributed by atoms with Gasteiger partial charge in [-0.05, 0) is 38.0 Å². The molecule has 2 aliphatic rings. The first kappa shape index (κ1) is 14.4. The standard InChI is InChI=1S/C17H23N3OS/c1-13-3-5-15(22-13)12-19-9-10-21-17-14(4-6-16(17)19)11-20-8-2-7-18-20/h2-3,5,7-8,14,16-17H,4,6,9-12H2,1H3. The molecule has 0 bridgehead atoms. The normalized spacial score (nSPS) is 28.9. The van der Waals surface area contributed by atoms with E-state index in [2.05, 4.69) is 39.9 Å². The van der Waals surface area contributed by atoms with Gasteiger partial charge < -0.3 is 4.74 Å². The van der Waals surface area contributed by atoms with Crippen LogP contribution in [0.2, 0.25) is 0 Å². The zero-order valence-corrected chi connectivity index (χ0v) is 13.8. The molecule has 5 heteroatoms. The van der Waals surface area contributed by atoms with Gasteiger partial charge in [0.25, 0.3) is 0 Å². The summed E-state index contributed by atoms with van der Waals surface area (Å²) in [5, 5.41) is 4.36. The highest BCUT2D eigenvalue weighted by Gasteiger charge is 2.42. The van der Waals surface area contributed by atoms with E-state index in [1.165, 1.54) is 22.6 Å². The molecule has 1 saturated heterocycles. The van der Waals surface area contributed by atoms with Crippen molar-refractivity contribution in [2.75, 3.05) is 13.2 Å². The molecule has 0 aromatic carbocycles. The van der Waals surface area contributed by atoms with Gasteiger partial charge in [-0.25, -0.2) is 0 Å². The number of fused-ring (bicyclic) bond motifs is 1. The summed E-state index contributed by atoms with van der Waals surface area (Å²) in [6, 6.07) is 7.09. The molecule has 3 heterocycles. The van der Waals surface area contributed by atoms with E-state index in [0.29, 0.717) is 18.1 Å². The second kappa shape index (κ2) is 6.14. The first-order valence-corrected chi connectivity index (χ1v) is 8.99. The summed E-state index contributed by atoms with van der Waals surface area (Å²) in [7, 11) is 0. The van der Waals surface area contributed by atoms with Crippen molar-refractivity contribution in [3.63, 3.8) is 0 Å². The van der Waals surface area contributed by atoms with Crippen LogP contribution in [0.1, 0.15) is 22.6 Å². The molecule has 4 rings (SSSR count). The number of hydrogen-bond donors (Lipinski definition) is 0. The van der Waals surface area contributed by atoms with Gasteiger partial charge in [-0.3, -0.25) is 9.58 Å². The molecule has 4 nitrogen and oxygen atoms in total. The number of morpholine rings is 1. The van der Waals surface area contributed by atoms with Crippen molar-refractivity contribution in [3.8, 4) is 0 Å². The third-order valence-electron chi connectivity index (χ3n) is 4.97. The number of aryl methyl sites for hydroxylation is 1. The van der Waals surface area contributed by atoms with Crippen LogP contribution in [0.5, 0.6) is 0 Å². The van der Waals surface area contributed by atoms with E-state index >= 15 is 0 Å². The number of aromatic nitrogens is 2. The van der Waals surface area contributed by atoms with Crippen LogP contribution in [0.15, 0.2) is 30.6 Å². The summed E-state index contributed by atoms with van der Waals surface area (Å²) < 4.78 is 8.21. The molecule has 3 atom stereocenters. The van der Waals surface area contributed by atoms with Crippen molar-refractivity contribution in [2.45, 2.75) is 45.0 Å². The van der Waals surface area contributed by atoms with Crippen LogP contribution in [0, 0.1) is 12.8 Å². The topological polar surface area (TPSA) is 30.3 Å². The quantitative estimate of drug-likeness (QED) is 0.868. The lowest BCUT2D eigenvalue weighted by Crippen LogP contribution is -2.50. The first-order valence-electron chi connectivity index (χ1n) is 8.18. The van der Waals surface area contributed by atoms with Gasteiger partial charge >= 0.3 is 0 Å². The van der Waals surface area contributed by atoms with Crippen molar-refractivity contribution in [3.05, 3.63) is 40.3 Å². The molecular weight excluding hydrogens is 294 g/mol. The summed E-state index contributed by atoms with van der Waals surface area (Å²) in [6.45, 7) is 6.18. The smallest absolute Gasteiger partial charge is 0.0776 e. The molecule has 0 N–H and O–H groups in total. The highest BCUT2D eigenvalue weighted by atomic mass is 32.1. The van der Waals surface area contributed by atoms with Crippen LogP contribution >= 0.6 is 11.3 Å². The average molecular weight is 317 g/mol. The van der Waals surface area contributed by atoms with E-state index in [1.54, 1.807) is 0 Å². The summed E-state index contributed by atoms with van der Waals surface area (Å²) in [5.74, 6) is 0.595. The van der Waals surface area contributed by atoms with Crippen molar-refractivity contribution in [2.24, 2.45) is 5.92 Å². The van der Waals surface area contributed by atoms with Gasteiger partial charge in [-0.15, -0.1) is 11.3 Å². The summed E-state index contributed by atoms with van der Waals surface area (Å²) in [6.07, 6.45) is 6.79. The third kappa shape index (κ3) is 2.85. The molecule has 22 heavy (non-hydrogen) atoms. The van der Waals surface area contributed by atoms with E-state index in [-0.39, 0.29) is 0 Å². The molecule has 0 amide bonds. The minimum atomic E-state index is 0.374. The first-order chi connectivity index (χ1) is 10.8. The predicted molar refractivity (Wildman–Crippen MR) is 87.9 cm³/mol. The fourth-order valence-corrected chi connectivity index (χ4v) is 4.86. The fourth-order valence-electron chi connectivity index (χ4n) is 3.95. The van der Waals surface area contributed by atoms with Crippen LogP contribution in [0.25, 0.3) is 0 Å². The monoisotopic (exact) mass is 317 g/mol. The Labute approximate surface area is 135 Å². The van der Waals surface area contributed by atoms with Gasteiger partial charge in [0.1, 0.15) is 0 Å². The number of rotatable bonds is 4. The Hall–Kier alpha value is -1.17.